The summed E-state index contributed by atoms with van der Waals surface area (Å²) in [6.07, 6.45) is 0.572. The van der Waals surface area contributed by atoms with E-state index in [0.29, 0.717) is 35.7 Å². The summed E-state index contributed by atoms with van der Waals surface area (Å²) in [6, 6.07) is 11.3. The van der Waals surface area contributed by atoms with Crippen molar-refractivity contribution in [2.45, 2.75) is 26.3 Å². The lowest BCUT2D eigenvalue weighted by Gasteiger charge is -2.15. The fraction of sp³-hybridized carbons (Fsp3) is 0.316. The largest absolute Gasteiger partial charge is 0.464 e. The zero-order valence-electron chi connectivity index (χ0n) is 15.9. The number of furan rings is 1. The number of aromatic nitrogens is 2. The Morgan fingerprint density at radius 3 is 2.79 bits per heavy atom. The minimum atomic E-state index is 0. The molecule has 0 fully saturated rings. The van der Waals surface area contributed by atoms with Gasteiger partial charge >= 0.3 is 0 Å². The van der Waals surface area contributed by atoms with Gasteiger partial charge in [0.15, 0.2) is 5.96 Å². The molecule has 0 aliphatic heterocycles. The smallest absolute Gasteiger partial charge is 0.228 e. The van der Waals surface area contributed by atoms with Gasteiger partial charge in [-0.05, 0) is 38.1 Å². The van der Waals surface area contributed by atoms with Crippen molar-refractivity contribution in [3.8, 4) is 11.4 Å². The van der Waals surface area contributed by atoms with Crippen LogP contribution in [0.1, 0.15) is 30.4 Å². The molecule has 1 atom stereocenters. The Labute approximate surface area is 186 Å². The Morgan fingerprint density at radius 1 is 1.29 bits per heavy atom. The molecular formula is C19H23ClIN5O2. The van der Waals surface area contributed by atoms with E-state index in [2.05, 4.69) is 25.8 Å². The normalized spacial score (nSPS) is 12.4. The van der Waals surface area contributed by atoms with E-state index in [1.54, 1.807) is 19.2 Å². The molecule has 0 bridgehead atoms. The van der Waals surface area contributed by atoms with E-state index in [4.69, 9.17) is 20.5 Å². The molecule has 3 rings (SSSR count). The Bertz CT molecular complexity index is 924. The fourth-order valence-corrected chi connectivity index (χ4v) is 2.74. The molecule has 0 amide bonds. The summed E-state index contributed by atoms with van der Waals surface area (Å²) in [5, 5.41) is 11.2. The van der Waals surface area contributed by atoms with Crippen LogP contribution in [0.3, 0.4) is 0 Å². The van der Waals surface area contributed by atoms with Gasteiger partial charge < -0.3 is 19.6 Å². The molecule has 0 aliphatic carbocycles. The van der Waals surface area contributed by atoms with Gasteiger partial charge in [-0.25, -0.2) is 0 Å². The van der Waals surface area contributed by atoms with Crippen LogP contribution < -0.4 is 10.6 Å². The number of hydrogen-bond acceptors (Lipinski definition) is 5. The molecule has 0 saturated heterocycles. The molecule has 3 aromatic rings. The summed E-state index contributed by atoms with van der Waals surface area (Å²) in [6.45, 7) is 4.53. The van der Waals surface area contributed by atoms with Crippen molar-refractivity contribution in [1.29, 1.82) is 0 Å². The van der Waals surface area contributed by atoms with Crippen LogP contribution in [0.25, 0.3) is 11.4 Å². The van der Waals surface area contributed by atoms with E-state index in [1.165, 1.54) is 0 Å². The molecule has 0 spiro atoms. The third-order valence-electron chi connectivity index (χ3n) is 3.95. The number of aliphatic imine (C=N–C) groups is 1. The number of nitrogens with one attached hydrogen (secondary N) is 2. The van der Waals surface area contributed by atoms with E-state index in [1.807, 2.05) is 38.1 Å². The van der Waals surface area contributed by atoms with Crippen LogP contribution in [0.2, 0.25) is 5.02 Å². The number of aryl methyl sites for hydroxylation is 1. The minimum Gasteiger partial charge on any atom is -0.464 e. The first-order valence-corrected chi connectivity index (χ1v) is 9.05. The third kappa shape index (κ3) is 5.96. The van der Waals surface area contributed by atoms with Crippen molar-refractivity contribution >= 4 is 41.5 Å². The monoisotopic (exact) mass is 515 g/mol. The molecule has 2 heterocycles. The molecule has 7 nitrogen and oxygen atoms in total. The zero-order valence-corrected chi connectivity index (χ0v) is 19.0. The van der Waals surface area contributed by atoms with Gasteiger partial charge in [-0.3, -0.25) is 4.99 Å². The average Bonchev–Trinajstić information content (AvgIpc) is 3.30. The topological polar surface area (TPSA) is 88.5 Å². The molecule has 2 aromatic heterocycles. The van der Waals surface area contributed by atoms with Gasteiger partial charge in [0.2, 0.25) is 11.7 Å². The maximum atomic E-state index is 6.00. The van der Waals surface area contributed by atoms with Gasteiger partial charge in [-0.1, -0.05) is 28.9 Å². The predicted molar refractivity (Wildman–Crippen MR) is 120 cm³/mol. The molecule has 150 valence electrons. The molecule has 1 unspecified atom stereocenters. The van der Waals surface area contributed by atoms with Crippen LogP contribution in [0, 0.1) is 6.92 Å². The highest BCUT2D eigenvalue weighted by atomic mass is 127. The van der Waals surface area contributed by atoms with Crippen LogP contribution in [0.15, 0.2) is 50.3 Å². The van der Waals surface area contributed by atoms with Crippen LogP contribution in [-0.2, 0) is 6.42 Å². The highest BCUT2D eigenvalue weighted by Crippen LogP contribution is 2.20. The lowest BCUT2D eigenvalue weighted by atomic mass is 10.2. The highest BCUT2D eigenvalue weighted by molar-refractivity contribution is 14.0. The molecule has 28 heavy (non-hydrogen) atoms. The Balaban J connectivity index is 0.00000280. The lowest BCUT2D eigenvalue weighted by Crippen LogP contribution is -2.39. The summed E-state index contributed by atoms with van der Waals surface area (Å²) in [5.41, 5.74) is 0.825. The van der Waals surface area contributed by atoms with Crippen molar-refractivity contribution in [3.05, 3.63) is 58.8 Å². The van der Waals surface area contributed by atoms with Crippen LogP contribution >= 0.6 is 35.6 Å². The van der Waals surface area contributed by atoms with E-state index in [0.717, 1.165) is 17.1 Å². The summed E-state index contributed by atoms with van der Waals surface area (Å²) < 4.78 is 10.9. The Hall–Kier alpha value is -2.07. The Kier molecular flexibility index (Phi) is 8.31. The number of nitrogens with zero attached hydrogens (tertiary/aromatic N) is 3. The first kappa shape index (κ1) is 22.2. The quantitative estimate of drug-likeness (QED) is 0.288. The maximum absolute atomic E-state index is 6.00. The predicted octanol–water partition coefficient (Wildman–Crippen LogP) is 4.38. The second-order valence-electron chi connectivity index (χ2n) is 6.09. The first-order chi connectivity index (χ1) is 13.0. The Morgan fingerprint density at radius 2 is 2.11 bits per heavy atom. The summed E-state index contributed by atoms with van der Waals surface area (Å²) in [5.74, 6) is 3.48. The van der Waals surface area contributed by atoms with Gasteiger partial charge in [0.25, 0.3) is 0 Å². The molecule has 1 aromatic carbocycles. The van der Waals surface area contributed by atoms with Gasteiger partial charge in [0, 0.05) is 30.6 Å². The van der Waals surface area contributed by atoms with Gasteiger partial charge in [-0.2, -0.15) is 4.98 Å². The fourth-order valence-electron chi connectivity index (χ4n) is 2.55. The van der Waals surface area contributed by atoms with Crippen molar-refractivity contribution in [3.63, 3.8) is 0 Å². The van der Waals surface area contributed by atoms with E-state index >= 15 is 0 Å². The number of halogens is 2. The number of rotatable bonds is 6. The van der Waals surface area contributed by atoms with Gasteiger partial charge in [0.05, 0.1) is 6.04 Å². The van der Waals surface area contributed by atoms with Crippen LogP contribution in [0.4, 0.5) is 0 Å². The minimum absolute atomic E-state index is 0. The molecule has 0 radical (unpaired) electrons. The zero-order chi connectivity index (χ0) is 19.2. The van der Waals surface area contributed by atoms with E-state index < -0.39 is 0 Å². The van der Waals surface area contributed by atoms with Crippen LogP contribution in [0.5, 0.6) is 0 Å². The number of hydrogen-bond donors (Lipinski definition) is 2. The van der Waals surface area contributed by atoms with Crippen molar-refractivity contribution in [2.75, 3.05) is 13.6 Å². The SMILES string of the molecule is CN=C(NCCc1nc(-c2cccc(Cl)c2)no1)NC(C)c1ccc(C)o1.I. The molecule has 0 saturated carbocycles. The number of guanidine groups is 1. The molecule has 0 aliphatic rings. The van der Waals surface area contributed by atoms with E-state index in [9.17, 15) is 0 Å². The molecular weight excluding hydrogens is 493 g/mol. The average molecular weight is 516 g/mol. The first-order valence-electron chi connectivity index (χ1n) is 8.67. The lowest BCUT2D eigenvalue weighted by molar-refractivity contribution is 0.378. The summed E-state index contributed by atoms with van der Waals surface area (Å²) in [4.78, 5) is 8.63. The van der Waals surface area contributed by atoms with Crippen molar-refractivity contribution < 1.29 is 8.94 Å². The van der Waals surface area contributed by atoms with Crippen molar-refractivity contribution in [1.82, 2.24) is 20.8 Å². The number of benzene rings is 1. The van der Waals surface area contributed by atoms with Crippen molar-refractivity contribution in [2.24, 2.45) is 4.99 Å². The third-order valence-corrected chi connectivity index (χ3v) is 4.18. The highest BCUT2D eigenvalue weighted by Gasteiger charge is 2.12. The maximum Gasteiger partial charge on any atom is 0.228 e. The van der Waals surface area contributed by atoms with Crippen LogP contribution in [-0.4, -0.2) is 29.7 Å². The summed E-state index contributed by atoms with van der Waals surface area (Å²) >= 11 is 6.00. The standard InChI is InChI=1S/C19H22ClN5O2.HI/c1-12-7-8-16(26-12)13(2)23-19(21-3)22-10-9-17-24-18(25-27-17)14-5-4-6-15(20)11-14;/h4-8,11,13H,9-10H2,1-3H3,(H2,21,22,23);1H. The summed E-state index contributed by atoms with van der Waals surface area (Å²) in [7, 11) is 1.72. The molecule has 2 N–H and O–H groups in total. The second kappa shape index (κ2) is 10.5. The second-order valence-corrected chi connectivity index (χ2v) is 6.52. The van der Waals surface area contributed by atoms with Gasteiger partial charge in [-0.15, -0.1) is 24.0 Å². The van der Waals surface area contributed by atoms with Gasteiger partial charge in [0.1, 0.15) is 11.5 Å². The van der Waals surface area contributed by atoms with E-state index in [-0.39, 0.29) is 30.0 Å². The molecule has 9 heteroatoms.